The fourth-order valence-corrected chi connectivity index (χ4v) is 5.84. The van der Waals surface area contributed by atoms with Crippen LogP contribution in [0.1, 0.15) is 49.8 Å². The molecule has 4 saturated heterocycles. The van der Waals surface area contributed by atoms with E-state index in [2.05, 4.69) is 70.1 Å². The van der Waals surface area contributed by atoms with E-state index < -0.39 is 0 Å². The van der Waals surface area contributed by atoms with Gasteiger partial charge in [0.25, 0.3) is 0 Å². The number of likely N-dealkylation sites (tertiary alicyclic amines) is 1. The number of rotatable bonds is 5. The van der Waals surface area contributed by atoms with E-state index in [0.717, 1.165) is 24.8 Å². The van der Waals surface area contributed by atoms with Gasteiger partial charge in [0.15, 0.2) is 0 Å². The molecule has 150 valence electrons. The van der Waals surface area contributed by atoms with Gasteiger partial charge >= 0.3 is 0 Å². The van der Waals surface area contributed by atoms with Gasteiger partial charge in [0, 0.05) is 48.9 Å². The van der Waals surface area contributed by atoms with E-state index in [1.54, 1.807) is 7.11 Å². The molecule has 1 aromatic carbocycles. The first kappa shape index (κ1) is 18.2. The third kappa shape index (κ3) is 3.05. The summed E-state index contributed by atoms with van der Waals surface area (Å²) in [7, 11) is 1.74. The Kier molecular flexibility index (Phi) is 4.68. The molecular weight excluding hydrogens is 348 g/mol. The first-order chi connectivity index (χ1) is 13.6. The van der Waals surface area contributed by atoms with Crippen molar-refractivity contribution in [2.45, 2.75) is 57.3 Å². The van der Waals surface area contributed by atoms with Crippen molar-refractivity contribution < 1.29 is 4.74 Å². The summed E-state index contributed by atoms with van der Waals surface area (Å²) in [5.41, 5.74) is 2.81. The van der Waals surface area contributed by atoms with Crippen molar-refractivity contribution in [2.75, 3.05) is 26.7 Å². The summed E-state index contributed by atoms with van der Waals surface area (Å²) in [4.78, 5) is 5.54. The van der Waals surface area contributed by atoms with Crippen LogP contribution in [-0.4, -0.2) is 58.4 Å². The average Bonchev–Trinajstić information content (AvgIpc) is 3.36. The Morgan fingerprint density at radius 1 is 1.11 bits per heavy atom. The fraction of sp³-hybridized carbons (Fsp3) is 0.609. The number of benzene rings is 1. The van der Waals surface area contributed by atoms with Gasteiger partial charge in [-0.15, -0.1) is 0 Å². The normalized spacial score (nSPS) is 32.1. The molecule has 4 aliphatic heterocycles. The third-order valence-electron chi connectivity index (χ3n) is 7.21. The van der Waals surface area contributed by atoms with Crippen molar-refractivity contribution in [1.29, 1.82) is 0 Å². The summed E-state index contributed by atoms with van der Waals surface area (Å²) in [6.07, 6.45) is 7.02. The van der Waals surface area contributed by atoms with Crippen LogP contribution < -0.4 is 4.74 Å². The first-order valence-electron chi connectivity index (χ1n) is 10.8. The maximum atomic E-state index is 5.38. The molecule has 4 fully saturated rings. The van der Waals surface area contributed by atoms with Gasteiger partial charge in [-0.3, -0.25) is 14.5 Å². The Morgan fingerprint density at radius 2 is 1.86 bits per heavy atom. The number of ether oxygens (including phenoxy) is 1. The minimum absolute atomic E-state index is 0.420. The molecule has 0 amide bonds. The van der Waals surface area contributed by atoms with Crippen molar-refractivity contribution in [3.63, 3.8) is 0 Å². The number of hydrogen-bond acceptors (Lipinski definition) is 4. The van der Waals surface area contributed by atoms with E-state index in [1.807, 2.05) is 0 Å². The SMILES string of the molecule is COc1ccc([C@H]2CN(Cc3cnn(C(C)C)c3)[C@H]3C4CCN(CC4)[C@@H]23)cc1. The summed E-state index contributed by atoms with van der Waals surface area (Å²) in [6.45, 7) is 9.09. The Bertz CT molecular complexity index is 806. The number of fused-ring (bicyclic) bond motifs is 2. The minimum atomic E-state index is 0.420. The number of nitrogens with zero attached hydrogens (tertiary/aromatic N) is 4. The van der Waals surface area contributed by atoms with E-state index in [9.17, 15) is 0 Å². The lowest BCUT2D eigenvalue weighted by atomic mass is 9.75. The molecule has 0 radical (unpaired) electrons. The molecule has 5 heteroatoms. The average molecular weight is 381 g/mol. The van der Waals surface area contributed by atoms with E-state index in [-0.39, 0.29) is 0 Å². The van der Waals surface area contributed by atoms with Crippen LogP contribution in [-0.2, 0) is 6.54 Å². The second-order valence-corrected chi connectivity index (χ2v) is 9.09. The van der Waals surface area contributed by atoms with Gasteiger partial charge in [-0.25, -0.2) is 0 Å². The van der Waals surface area contributed by atoms with Crippen molar-refractivity contribution in [2.24, 2.45) is 5.92 Å². The number of methoxy groups -OCH3 is 1. The molecule has 0 N–H and O–H groups in total. The first-order valence-corrected chi connectivity index (χ1v) is 10.8. The topological polar surface area (TPSA) is 33.5 Å². The zero-order chi connectivity index (χ0) is 19.3. The Labute approximate surface area is 168 Å². The van der Waals surface area contributed by atoms with E-state index in [0.29, 0.717) is 24.0 Å². The van der Waals surface area contributed by atoms with E-state index in [1.165, 1.54) is 37.1 Å². The number of aromatic nitrogens is 2. The van der Waals surface area contributed by atoms with Crippen LogP contribution in [0.25, 0.3) is 0 Å². The molecule has 28 heavy (non-hydrogen) atoms. The molecule has 0 spiro atoms. The van der Waals surface area contributed by atoms with Crippen LogP contribution in [0.2, 0.25) is 0 Å². The van der Waals surface area contributed by atoms with Crippen molar-refractivity contribution >= 4 is 0 Å². The molecule has 2 aromatic rings. The summed E-state index contributed by atoms with van der Waals surface area (Å²) < 4.78 is 7.46. The Hall–Kier alpha value is -1.85. The summed E-state index contributed by atoms with van der Waals surface area (Å²) >= 11 is 0. The lowest BCUT2D eigenvalue weighted by Gasteiger charge is -2.51. The highest BCUT2D eigenvalue weighted by molar-refractivity contribution is 5.33. The van der Waals surface area contributed by atoms with Gasteiger partial charge in [0.2, 0.25) is 0 Å². The van der Waals surface area contributed by atoms with Crippen molar-refractivity contribution in [3.8, 4) is 5.75 Å². The molecule has 4 aliphatic rings. The van der Waals surface area contributed by atoms with Gasteiger partial charge in [0.05, 0.1) is 13.3 Å². The van der Waals surface area contributed by atoms with E-state index >= 15 is 0 Å². The van der Waals surface area contributed by atoms with E-state index in [4.69, 9.17) is 4.74 Å². The zero-order valence-corrected chi connectivity index (χ0v) is 17.3. The lowest BCUT2D eigenvalue weighted by Crippen LogP contribution is -2.59. The van der Waals surface area contributed by atoms with Crippen LogP contribution in [0.15, 0.2) is 36.7 Å². The monoisotopic (exact) mass is 380 g/mol. The third-order valence-corrected chi connectivity index (χ3v) is 7.21. The van der Waals surface area contributed by atoms with Crippen molar-refractivity contribution in [3.05, 3.63) is 47.8 Å². The van der Waals surface area contributed by atoms with Gasteiger partial charge in [-0.1, -0.05) is 12.1 Å². The summed E-state index contributed by atoms with van der Waals surface area (Å²) in [6, 6.07) is 10.6. The van der Waals surface area contributed by atoms with Crippen LogP contribution in [0.4, 0.5) is 0 Å². The molecule has 2 bridgehead atoms. The maximum absolute atomic E-state index is 5.38. The zero-order valence-electron chi connectivity index (χ0n) is 17.3. The highest BCUT2D eigenvalue weighted by Gasteiger charge is 2.53. The second kappa shape index (κ2) is 7.20. The molecular formula is C23H32N4O. The lowest BCUT2D eigenvalue weighted by molar-refractivity contribution is -0.00870. The maximum Gasteiger partial charge on any atom is 0.118 e. The van der Waals surface area contributed by atoms with Gasteiger partial charge in [-0.05, 0) is 63.4 Å². The molecule has 5 nitrogen and oxygen atoms in total. The Balaban J connectivity index is 1.42. The quantitative estimate of drug-likeness (QED) is 0.795. The van der Waals surface area contributed by atoms with Crippen LogP contribution in [0.3, 0.4) is 0 Å². The van der Waals surface area contributed by atoms with Crippen LogP contribution >= 0.6 is 0 Å². The standard InChI is InChI=1S/C23H32N4O/c1-16(2)27-14-17(12-24-27)13-26-15-21(18-4-6-20(28-3)7-5-18)23-22(26)19-8-10-25(23)11-9-19/h4-7,12,14,16,19,21-23H,8-11,13,15H2,1-3H3/t21-,22+,23+/m1/s1. The summed E-state index contributed by atoms with van der Waals surface area (Å²) in [5, 5.41) is 4.57. The molecule has 5 heterocycles. The Morgan fingerprint density at radius 3 is 2.50 bits per heavy atom. The predicted molar refractivity (Wildman–Crippen MR) is 111 cm³/mol. The van der Waals surface area contributed by atoms with Gasteiger partial charge < -0.3 is 4.74 Å². The molecule has 0 aliphatic carbocycles. The minimum Gasteiger partial charge on any atom is -0.497 e. The highest BCUT2D eigenvalue weighted by atomic mass is 16.5. The molecule has 6 rings (SSSR count). The predicted octanol–water partition coefficient (Wildman–Crippen LogP) is 3.53. The van der Waals surface area contributed by atoms with Crippen LogP contribution in [0, 0.1) is 5.92 Å². The van der Waals surface area contributed by atoms with Gasteiger partial charge in [0.1, 0.15) is 5.75 Å². The van der Waals surface area contributed by atoms with Crippen LogP contribution in [0.5, 0.6) is 5.75 Å². The van der Waals surface area contributed by atoms with Gasteiger partial charge in [-0.2, -0.15) is 5.10 Å². The number of piperidine rings is 3. The number of hydrogen-bond donors (Lipinski definition) is 0. The fourth-order valence-electron chi connectivity index (χ4n) is 5.84. The largest absolute Gasteiger partial charge is 0.497 e. The summed E-state index contributed by atoms with van der Waals surface area (Å²) in [5.74, 6) is 2.37. The molecule has 3 atom stereocenters. The molecule has 1 aromatic heterocycles. The molecule has 0 saturated carbocycles. The second-order valence-electron chi connectivity index (χ2n) is 9.09. The smallest absolute Gasteiger partial charge is 0.118 e. The van der Waals surface area contributed by atoms with Crippen molar-refractivity contribution in [1.82, 2.24) is 19.6 Å². The highest BCUT2D eigenvalue weighted by Crippen LogP contribution is 2.47. The molecule has 0 unspecified atom stereocenters.